The van der Waals surface area contributed by atoms with E-state index in [1.165, 1.54) is 5.56 Å². The normalized spacial score (nSPS) is 17.1. The van der Waals surface area contributed by atoms with Gasteiger partial charge < -0.3 is 15.0 Å². The summed E-state index contributed by atoms with van der Waals surface area (Å²) in [4.78, 5) is 31.7. The number of nitrogens with zero attached hydrogens (tertiary/aromatic N) is 3. The lowest BCUT2D eigenvalue weighted by molar-refractivity contribution is -0.125. The van der Waals surface area contributed by atoms with Crippen LogP contribution in [0.3, 0.4) is 0 Å². The molecule has 2 amide bonds. The Kier molecular flexibility index (Phi) is 8.08. The highest BCUT2D eigenvalue weighted by Gasteiger charge is 2.29. The summed E-state index contributed by atoms with van der Waals surface area (Å²) in [6, 6.07) is 16.5. The molecule has 2 heterocycles. The second-order valence-electron chi connectivity index (χ2n) is 10.5. The van der Waals surface area contributed by atoms with Gasteiger partial charge >= 0.3 is 0 Å². The molecule has 0 bridgehead atoms. The summed E-state index contributed by atoms with van der Waals surface area (Å²) in [6.07, 6.45) is 0.895. The molecule has 2 aromatic carbocycles. The van der Waals surface area contributed by atoms with Crippen molar-refractivity contribution >= 4 is 17.5 Å². The third kappa shape index (κ3) is 6.83. The minimum atomic E-state index is -0.188. The zero-order valence-corrected chi connectivity index (χ0v) is 21.3. The van der Waals surface area contributed by atoms with Gasteiger partial charge in [-0.25, -0.2) is 0 Å². The Labute approximate surface area is 209 Å². The summed E-state index contributed by atoms with van der Waals surface area (Å²) in [5.74, 6) is 0.323. The van der Waals surface area contributed by atoms with Crippen molar-refractivity contribution < 1.29 is 14.3 Å². The molecule has 1 fully saturated rings. The highest BCUT2D eigenvalue weighted by Crippen LogP contribution is 2.36. The third-order valence-electron chi connectivity index (χ3n) is 6.76. The van der Waals surface area contributed by atoms with Gasteiger partial charge in [0, 0.05) is 39.3 Å². The number of anilines is 1. The van der Waals surface area contributed by atoms with Crippen molar-refractivity contribution in [2.75, 3.05) is 57.3 Å². The minimum Gasteiger partial charge on any atom is -0.482 e. The molecule has 0 unspecified atom stereocenters. The molecule has 2 aliphatic heterocycles. The number of nitrogens with one attached hydrogen (secondary N) is 1. The molecular formula is C28H38N4O3. The second kappa shape index (κ2) is 11.2. The van der Waals surface area contributed by atoms with E-state index in [2.05, 4.69) is 66.2 Å². The van der Waals surface area contributed by atoms with Crippen molar-refractivity contribution in [1.29, 1.82) is 0 Å². The fourth-order valence-corrected chi connectivity index (χ4v) is 4.58. The number of carbonyl (C=O) groups is 2. The monoisotopic (exact) mass is 478 g/mol. The summed E-state index contributed by atoms with van der Waals surface area (Å²) in [5, 5.41) is 3.00. The van der Waals surface area contributed by atoms with Crippen LogP contribution < -0.4 is 15.0 Å². The van der Waals surface area contributed by atoms with Crippen molar-refractivity contribution in [2.24, 2.45) is 0 Å². The fourth-order valence-electron chi connectivity index (χ4n) is 4.58. The van der Waals surface area contributed by atoms with Gasteiger partial charge in [-0.05, 0) is 41.6 Å². The molecule has 2 aromatic rings. The standard InChI is InChI=1S/C28H38N4O3/c1-28(2,3)23-10-11-25-24(18-23)32(27(34)21-35-25)20-26(33)29-12-7-13-30-14-16-31(17-15-30)19-22-8-5-4-6-9-22/h4-6,8-11,18H,7,12-17,19-21H2,1-3H3,(H,29,33). The minimum absolute atomic E-state index is 0.0148. The van der Waals surface area contributed by atoms with Crippen molar-refractivity contribution in [3.05, 3.63) is 59.7 Å². The third-order valence-corrected chi connectivity index (χ3v) is 6.76. The van der Waals surface area contributed by atoms with Crippen LogP contribution in [0.2, 0.25) is 0 Å². The van der Waals surface area contributed by atoms with Gasteiger partial charge in [-0.2, -0.15) is 0 Å². The van der Waals surface area contributed by atoms with Gasteiger partial charge in [0.2, 0.25) is 5.91 Å². The average Bonchev–Trinajstić information content (AvgIpc) is 2.84. The number of ether oxygens (including phenoxy) is 1. The predicted octanol–water partition coefficient (Wildman–Crippen LogP) is 3.03. The first-order valence-corrected chi connectivity index (χ1v) is 12.6. The van der Waals surface area contributed by atoms with E-state index < -0.39 is 0 Å². The van der Waals surface area contributed by atoms with Crippen LogP contribution in [-0.4, -0.2) is 74.0 Å². The van der Waals surface area contributed by atoms with Gasteiger partial charge in [0.25, 0.3) is 5.91 Å². The molecule has 7 heteroatoms. The van der Waals surface area contributed by atoms with Crippen LogP contribution in [0.25, 0.3) is 0 Å². The first-order chi connectivity index (χ1) is 16.8. The lowest BCUT2D eigenvalue weighted by Crippen LogP contribution is -2.47. The number of piperazine rings is 1. The van der Waals surface area contributed by atoms with Crippen LogP contribution in [-0.2, 0) is 21.5 Å². The molecule has 0 atom stereocenters. The smallest absolute Gasteiger partial charge is 0.265 e. The van der Waals surface area contributed by atoms with E-state index in [4.69, 9.17) is 4.74 Å². The maximum Gasteiger partial charge on any atom is 0.265 e. The Morgan fingerprint density at radius 3 is 2.43 bits per heavy atom. The van der Waals surface area contributed by atoms with Gasteiger partial charge in [0.1, 0.15) is 12.3 Å². The highest BCUT2D eigenvalue weighted by molar-refractivity contribution is 6.02. The lowest BCUT2D eigenvalue weighted by Gasteiger charge is -2.34. The molecule has 0 spiro atoms. The van der Waals surface area contributed by atoms with Crippen LogP contribution in [0, 0.1) is 0 Å². The Bertz CT molecular complexity index is 1010. The van der Waals surface area contributed by atoms with Crippen molar-refractivity contribution in [1.82, 2.24) is 15.1 Å². The number of benzene rings is 2. The van der Waals surface area contributed by atoms with Crippen molar-refractivity contribution in [3.8, 4) is 5.75 Å². The first-order valence-electron chi connectivity index (χ1n) is 12.6. The average molecular weight is 479 g/mol. The van der Waals surface area contributed by atoms with Crippen molar-refractivity contribution in [2.45, 2.75) is 39.2 Å². The molecule has 0 saturated carbocycles. The van der Waals surface area contributed by atoms with Crippen LogP contribution in [0.1, 0.15) is 38.3 Å². The maximum absolute atomic E-state index is 12.7. The quantitative estimate of drug-likeness (QED) is 0.591. The Balaban J connectivity index is 1.19. The molecule has 0 radical (unpaired) electrons. The van der Waals surface area contributed by atoms with E-state index in [1.54, 1.807) is 4.90 Å². The zero-order valence-electron chi connectivity index (χ0n) is 21.3. The van der Waals surface area contributed by atoms with Crippen LogP contribution in [0.4, 0.5) is 5.69 Å². The SMILES string of the molecule is CC(C)(C)c1ccc2c(c1)N(CC(=O)NCCCN1CCN(Cc3ccccc3)CC1)C(=O)CO2. The molecule has 188 valence electrons. The van der Waals surface area contributed by atoms with E-state index in [-0.39, 0.29) is 30.4 Å². The summed E-state index contributed by atoms with van der Waals surface area (Å²) in [7, 11) is 0. The number of carbonyl (C=O) groups excluding carboxylic acids is 2. The van der Waals surface area contributed by atoms with E-state index >= 15 is 0 Å². The summed E-state index contributed by atoms with van der Waals surface area (Å²) in [5.41, 5.74) is 3.08. The number of fused-ring (bicyclic) bond motifs is 1. The summed E-state index contributed by atoms with van der Waals surface area (Å²) in [6.45, 7) is 13.2. The Morgan fingerprint density at radius 1 is 1.00 bits per heavy atom. The molecule has 1 saturated heterocycles. The van der Waals surface area contributed by atoms with Gasteiger partial charge in [-0.1, -0.05) is 57.2 Å². The fraction of sp³-hybridized carbons (Fsp3) is 0.500. The van der Waals surface area contributed by atoms with Gasteiger partial charge in [-0.3, -0.25) is 19.4 Å². The second-order valence-corrected chi connectivity index (χ2v) is 10.5. The predicted molar refractivity (Wildman–Crippen MR) is 139 cm³/mol. The number of amides is 2. The topological polar surface area (TPSA) is 65.1 Å². The Morgan fingerprint density at radius 2 is 1.71 bits per heavy atom. The highest BCUT2D eigenvalue weighted by atomic mass is 16.5. The number of hydrogen-bond donors (Lipinski definition) is 1. The zero-order chi connectivity index (χ0) is 24.8. The van der Waals surface area contributed by atoms with E-state index in [1.807, 2.05) is 18.2 Å². The Hall–Kier alpha value is -2.90. The van der Waals surface area contributed by atoms with Gasteiger partial charge in [0.05, 0.1) is 5.69 Å². The van der Waals surface area contributed by atoms with E-state index in [0.717, 1.165) is 51.3 Å². The van der Waals surface area contributed by atoms with E-state index in [0.29, 0.717) is 18.0 Å². The molecule has 2 aliphatic rings. The lowest BCUT2D eigenvalue weighted by atomic mass is 9.86. The molecule has 4 rings (SSSR count). The molecule has 1 N–H and O–H groups in total. The maximum atomic E-state index is 12.7. The molecule has 0 aromatic heterocycles. The van der Waals surface area contributed by atoms with Crippen LogP contribution in [0.15, 0.2) is 48.5 Å². The van der Waals surface area contributed by atoms with Crippen molar-refractivity contribution in [3.63, 3.8) is 0 Å². The van der Waals surface area contributed by atoms with Gasteiger partial charge in [0.15, 0.2) is 6.61 Å². The number of hydrogen-bond acceptors (Lipinski definition) is 5. The molecule has 35 heavy (non-hydrogen) atoms. The largest absolute Gasteiger partial charge is 0.482 e. The van der Waals surface area contributed by atoms with Gasteiger partial charge in [-0.15, -0.1) is 0 Å². The molecular weight excluding hydrogens is 440 g/mol. The molecule has 0 aliphatic carbocycles. The summed E-state index contributed by atoms with van der Waals surface area (Å²) < 4.78 is 5.59. The van der Waals surface area contributed by atoms with E-state index in [9.17, 15) is 9.59 Å². The molecule has 7 nitrogen and oxygen atoms in total. The van der Waals surface area contributed by atoms with Crippen LogP contribution in [0.5, 0.6) is 5.75 Å². The first kappa shape index (κ1) is 25.2. The summed E-state index contributed by atoms with van der Waals surface area (Å²) >= 11 is 0. The van der Waals surface area contributed by atoms with Crippen LogP contribution >= 0.6 is 0 Å². The number of rotatable bonds is 8.